The van der Waals surface area contributed by atoms with Crippen LogP contribution in [0.25, 0.3) is 0 Å². The second-order valence-corrected chi connectivity index (χ2v) is 4.74. The summed E-state index contributed by atoms with van der Waals surface area (Å²) >= 11 is 0. The van der Waals surface area contributed by atoms with Gasteiger partial charge in [-0.2, -0.15) is 0 Å². The molecule has 0 aromatic heterocycles. The molecule has 0 aliphatic carbocycles. The maximum absolute atomic E-state index is 12.2. The van der Waals surface area contributed by atoms with Crippen molar-refractivity contribution >= 4 is 29.9 Å². The number of aliphatic hydroxyl groups excluding tert-OH is 1. The fourth-order valence-corrected chi connectivity index (χ4v) is 2.05. The Bertz CT molecular complexity index is 288. The van der Waals surface area contributed by atoms with Crippen molar-refractivity contribution in [3.63, 3.8) is 0 Å². The summed E-state index contributed by atoms with van der Waals surface area (Å²) in [7, 11) is 0. The third-order valence-corrected chi connectivity index (χ3v) is 3.17. The molecule has 1 fully saturated rings. The lowest BCUT2D eigenvalue weighted by molar-refractivity contribution is 0.131. The van der Waals surface area contributed by atoms with E-state index in [4.69, 9.17) is 9.84 Å². The first-order valence-corrected chi connectivity index (χ1v) is 6.61. The Morgan fingerprint density at radius 2 is 2.20 bits per heavy atom. The highest BCUT2D eigenvalue weighted by Gasteiger charge is 2.34. The van der Waals surface area contributed by atoms with Crippen molar-refractivity contribution in [3.8, 4) is 0 Å². The number of guanidine groups is 1. The fraction of sp³-hybridized carbons (Fsp3) is 0.917. The molecular formula is C12H24F2IN3O2. The highest BCUT2D eigenvalue weighted by Crippen LogP contribution is 2.32. The van der Waals surface area contributed by atoms with Gasteiger partial charge < -0.3 is 20.5 Å². The van der Waals surface area contributed by atoms with Crippen molar-refractivity contribution in [2.45, 2.75) is 26.2 Å². The number of alkyl halides is 2. The number of hydrogen-bond donors (Lipinski definition) is 3. The van der Waals surface area contributed by atoms with Crippen molar-refractivity contribution in [1.82, 2.24) is 10.6 Å². The minimum absolute atomic E-state index is 0. The molecule has 120 valence electrons. The summed E-state index contributed by atoms with van der Waals surface area (Å²) in [6, 6.07) is 0. The maximum Gasteiger partial charge on any atom is 0.255 e. The van der Waals surface area contributed by atoms with Gasteiger partial charge in [0.05, 0.1) is 19.7 Å². The first-order valence-electron chi connectivity index (χ1n) is 6.61. The Kier molecular flexibility index (Phi) is 10.4. The molecular weight excluding hydrogens is 383 g/mol. The Balaban J connectivity index is 0.00000361. The van der Waals surface area contributed by atoms with Crippen molar-refractivity contribution in [2.24, 2.45) is 10.4 Å². The standard InChI is InChI=1S/C12H23F2N3O2.HI/c1-2-15-11(16-7-10(13)14)17-8-12(3-5-18)4-6-19-9-12;/h10,18H,2-9H2,1H3,(H2,15,16,17);1H. The smallest absolute Gasteiger partial charge is 0.255 e. The van der Waals surface area contributed by atoms with Gasteiger partial charge in [0, 0.05) is 25.2 Å². The molecule has 0 radical (unpaired) electrons. The lowest BCUT2D eigenvalue weighted by Gasteiger charge is -2.24. The molecule has 0 spiro atoms. The van der Waals surface area contributed by atoms with Gasteiger partial charge in [0.2, 0.25) is 0 Å². The zero-order chi connectivity index (χ0) is 14.1. The molecule has 1 aliphatic heterocycles. The van der Waals surface area contributed by atoms with Gasteiger partial charge in [-0.1, -0.05) is 0 Å². The predicted molar refractivity (Wildman–Crippen MR) is 85.0 cm³/mol. The molecule has 1 aliphatic rings. The molecule has 8 heteroatoms. The molecule has 20 heavy (non-hydrogen) atoms. The number of ether oxygens (including phenoxy) is 1. The number of rotatable bonds is 7. The van der Waals surface area contributed by atoms with Crippen molar-refractivity contribution in [1.29, 1.82) is 0 Å². The van der Waals surface area contributed by atoms with Crippen molar-refractivity contribution in [2.75, 3.05) is 39.5 Å². The molecule has 0 amide bonds. The molecule has 0 saturated carbocycles. The minimum Gasteiger partial charge on any atom is -0.396 e. The lowest BCUT2D eigenvalue weighted by atomic mass is 9.84. The van der Waals surface area contributed by atoms with Crippen LogP contribution in [0.15, 0.2) is 4.99 Å². The Morgan fingerprint density at radius 3 is 2.70 bits per heavy atom. The SMILES string of the molecule is CCNC(=NCC1(CCO)CCOC1)NCC(F)F.I. The number of nitrogens with zero attached hydrogens (tertiary/aromatic N) is 1. The van der Waals surface area contributed by atoms with Crippen LogP contribution in [-0.4, -0.2) is 56.9 Å². The van der Waals surface area contributed by atoms with Crippen LogP contribution in [0.2, 0.25) is 0 Å². The molecule has 3 N–H and O–H groups in total. The molecule has 0 aromatic rings. The van der Waals surface area contributed by atoms with E-state index >= 15 is 0 Å². The Morgan fingerprint density at radius 1 is 1.45 bits per heavy atom. The van der Waals surface area contributed by atoms with E-state index in [0.29, 0.717) is 38.7 Å². The van der Waals surface area contributed by atoms with Gasteiger partial charge in [-0.05, 0) is 19.8 Å². The Hall–Kier alpha value is -0.220. The average Bonchev–Trinajstić information content (AvgIpc) is 2.82. The minimum atomic E-state index is -2.41. The van der Waals surface area contributed by atoms with Gasteiger partial charge in [-0.25, -0.2) is 8.78 Å². The maximum atomic E-state index is 12.2. The molecule has 1 saturated heterocycles. The highest BCUT2D eigenvalue weighted by atomic mass is 127. The van der Waals surface area contributed by atoms with Gasteiger partial charge in [-0.15, -0.1) is 24.0 Å². The topological polar surface area (TPSA) is 65.9 Å². The summed E-state index contributed by atoms with van der Waals surface area (Å²) in [5, 5.41) is 14.6. The van der Waals surface area contributed by atoms with Gasteiger partial charge in [0.1, 0.15) is 0 Å². The van der Waals surface area contributed by atoms with Crippen LogP contribution in [0.1, 0.15) is 19.8 Å². The molecule has 1 atom stereocenters. The largest absolute Gasteiger partial charge is 0.396 e. The van der Waals surface area contributed by atoms with E-state index in [1.165, 1.54) is 0 Å². The zero-order valence-corrected chi connectivity index (χ0v) is 14.0. The number of halogens is 3. The summed E-state index contributed by atoms with van der Waals surface area (Å²) in [6.45, 7) is 3.84. The van der Waals surface area contributed by atoms with Crippen LogP contribution in [0.5, 0.6) is 0 Å². The number of nitrogens with one attached hydrogen (secondary N) is 2. The second kappa shape index (κ2) is 10.5. The molecule has 1 rings (SSSR count). The number of hydrogen-bond acceptors (Lipinski definition) is 3. The van der Waals surface area contributed by atoms with Gasteiger partial charge in [0.15, 0.2) is 5.96 Å². The van der Waals surface area contributed by atoms with Crippen LogP contribution >= 0.6 is 24.0 Å². The molecule has 0 bridgehead atoms. The second-order valence-electron chi connectivity index (χ2n) is 4.74. The van der Waals surface area contributed by atoms with E-state index in [1.807, 2.05) is 6.92 Å². The highest BCUT2D eigenvalue weighted by molar-refractivity contribution is 14.0. The van der Waals surface area contributed by atoms with Crippen LogP contribution in [0.3, 0.4) is 0 Å². The first-order chi connectivity index (χ1) is 9.12. The van der Waals surface area contributed by atoms with E-state index in [1.54, 1.807) is 0 Å². The monoisotopic (exact) mass is 407 g/mol. The Labute approximate surface area is 135 Å². The molecule has 1 unspecified atom stereocenters. The summed E-state index contributed by atoms with van der Waals surface area (Å²) in [6.07, 6.45) is -0.958. The van der Waals surface area contributed by atoms with E-state index in [0.717, 1.165) is 6.42 Å². The van der Waals surface area contributed by atoms with Crippen molar-refractivity contribution < 1.29 is 18.6 Å². The van der Waals surface area contributed by atoms with Gasteiger partial charge in [0.25, 0.3) is 6.43 Å². The van der Waals surface area contributed by atoms with Crippen LogP contribution in [0, 0.1) is 5.41 Å². The van der Waals surface area contributed by atoms with Gasteiger partial charge >= 0.3 is 0 Å². The van der Waals surface area contributed by atoms with E-state index in [2.05, 4.69) is 15.6 Å². The summed E-state index contributed by atoms with van der Waals surface area (Å²) < 4.78 is 29.7. The van der Waals surface area contributed by atoms with Crippen molar-refractivity contribution in [3.05, 3.63) is 0 Å². The predicted octanol–water partition coefficient (Wildman–Crippen LogP) is 1.21. The van der Waals surface area contributed by atoms with Crippen LogP contribution < -0.4 is 10.6 Å². The van der Waals surface area contributed by atoms with Gasteiger partial charge in [-0.3, -0.25) is 4.99 Å². The summed E-state index contributed by atoms with van der Waals surface area (Å²) in [5.74, 6) is 0.381. The normalized spacial score (nSPS) is 22.8. The first kappa shape index (κ1) is 19.8. The molecule has 0 aromatic carbocycles. The molecule has 5 nitrogen and oxygen atoms in total. The fourth-order valence-electron chi connectivity index (χ4n) is 2.05. The van der Waals surface area contributed by atoms with E-state index < -0.39 is 13.0 Å². The summed E-state index contributed by atoms with van der Waals surface area (Å²) in [5.41, 5.74) is -0.165. The van der Waals surface area contributed by atoms with E-state index in [-0.39, 0.29) is 36.0 Å². The quantitative estimate of drug-likeness (QED) is 0.337. The number of aliphatic imine (C=N–C) groups is 1. The number of aliphatic hydroxyl groups is 1. The van der Waals surface area contributed by atoms with Crippen LogP contribution in [0.4, 0.5) is 8.78 Å². The zero-order valence-electron chi connectivity index (χ0n) is 11.7. The third-order valence-electron chi connectivity index (χ3n) is 3.17. The van der Waals surface area contributed by atoms with Crippen LogP contribution in [-0.2, 0) is 4.74 Å². The third kappa shape index (κ3) is 6.98. The molecule has 1 heterocycles. The summed E-state index contributed by atoms with van der Waals surface area (Å²) in [4.78, 5) is 4.33. The average molecular weight is 407 g/mol. The van der Waals surface area contributed by atoms with E-state index in [9.17, 15) is 8.78 Å². The lowest BCUT2D eigenvalue weighted by Crippen LogP contribution is -2.40.